The molecule has 0 bridgehead atoms. The number of carboxylic acid groups (broad SMARTS) is 1. The third-order valence-electron chi connectivity index (χ3n) is 3.33. The van der Waals surface area contributed by atoms with Gasteiger partial charge in [0.1, 0.15) is 23.2 Å². The number of phenols is 1. The Morgan fingerprint density at radius 2 is 1.95 bits per heavy atom. The van der Waals surface area contributed by atoms with Gasteiger partial charge in [-0.15, -0.1) is 0 Å². The Kier molecular flexibility index (Phi) is 2.71. The van der Waals surface area contributed by atoms with E-state index < -0.39 is 5.97 Å². The molecule has 20 heavy (non-hydrogen) atoms. The Morgan fingerprint density at radius 3 is 2.65 bits per heavy atom. The highest BCUT2D eigenvalue weighted by atomic mass is 16.4. The van der Waals surface area contributed by atoms with Gasteiger partial charge >= 0.3 is 5.97 Å². The first-order chi connectivity index (χ1) is 9.56. The van der Waals surface area contributed by atoms with E-state index in [0.717, 1.165) is 16.7 Å². The molecule has 0 fully saturated rings. The number of benzene rings is 2. The normalized spacial score (nSPS) is 10.8. The van der Waals surface area contributed by atoms with Crippen molar-refractivity contribution in [2.75, 3.05) is 0 Å². The van der Waals surface area contributed by atoms with E-state index >= 15 is 0 Å². The third kappa shape index (κ3) is 1.91. The lowest BCUT2D eigenvalue weighted by Crippen LogP contribution is -1.93. The van der Waals surface area contributed by atoms with Crippen LogP contribution in [0.25, 0.3) is 22.1 Å². The van der Waals surface area contributed by atoms with Gasteiger partial charge in [-0.2, -0.15) is 0 Å². The lowest BCUT2D eigenvalue weighted by atomic mass is 9.99. The third-order valence-corrected chi connectivity index (χ3v) is 3.33. The van der Waals surface area contributed by atoms with E-state index in [1.165, 1.54) is 6.26 Å². The molecule has 0 saturated heterocycles. The van der Waals surface area contributed by atoms with E-state index in [-0.39, 0.29) is 11.3 Å². The van der Waals surface area contributed by atoms with Crippen LogP contribution in [0, 0.1) is 6.92 Å². The van der Waals surface area contributed by atoms with Gasteiger partial charge in [0.05, 0.1) is 0 Å². The molecule has 100 valence electrons. The van der Waals surface area contributed by atoms with Crippen LogP contribution in [0.1, 0.15) is 15.9 Å². The number of carbonyl (C=O) groups is 1. The molecule has 0 aliphatic heterocycles. The molecule has 0 unspecified atom stereocenters. The van der Waals surface area contributed by atoms with Gasteiger partial charge in [-0.05, 0) is 47.9 Å². The van der Waals surface area contributed by atoms with Gasteiger partial charge in [-0.3, -0.25) is 0 Å². The van der Waals surface area contributed by atoms with Gasteiger partial charge in [-0.25, -0.2) is 4.79 Å². The molecule has 0 amide bonds. The molecule has 0 spiro atoms. The van der Waals surface area contributed by atoms with Crippen molar-refractivity contribution in [1.29, 1.82) is 0 Å². The summed E-state index contributed by atoms with van der Waals surface area (Å²) in [5, 5.41) is 19.1. The van der Waals surface area contributed by atoms with E-state index in [9.17, 15) is 9.90 Å². The standard InChI is InChI=1S/C16H12O4/c1-9-6-11(17)3-5-12(9)10-2-4-13-14(16(18)19)8-20-15(13)7-10/h2-8,17H,1H3,(H,18,19). The van der Waals surface area contributed by atoms with Crippen molar-refractivity contribution in [2.24, 2.45) is 0 Å². The van der Waals surface area contributed by atoms with E-state index in [1.54, 1.807) is 24.3 Å². The Balaban J connectivity index is 2.16. The predicted molar refractivity (Wildman–Crippen MR) is 75.0 cm³/mol. The second-order valence-corrected chi connectivity index (χ2v) is 4.66. The van der Waals surface area contributed by atoms with Gasteiger partial charge in [0.15, 0.2) is 0 Å². The molecule has 0 aliphatic carbocycles. The average Bonchev–Trinajstić information content (AvgIpc) is 2.81. The van der Waals surface area contributed by atoms with E-state index in [2.05, 4.69) is 0 Å². The smallest absolute Gasteiger partial charge is 0.339 e. The van der Waals surface area contributed by atoms with E-state index in [4.69, 9.17) is 9.52 Å². The molecule has 0 saturated carbocycles. The van der Waals surface area contributed by atoms with Crippen molar-refractivity contribution in [2.45, 2.75) is 6.92 Å². The second kappa shape index (κ2) is 4.42. The van der Waals surface area contributed by atoms with Crippen LogP contribution in [0.15, 0.2) is 47.1 Å². The zero-order valence-corrected chi connectivity index (χ0v) is 10.8. The Labute approximate surface area is 114 Å². The number of hydrogen-bond donors (Lipinski definition) is 2. The monoisotopic (exact) mass is 268 g/mol. The fourth-order valence-corrected chi connectivity index (χ4v) is 2.33. The molecule has 4 nitrogen and oxygen atoms in total. The van der Waals surface area contributed by atoms with Crippen molar-refractivity contribution in [3.05, 3.63) is 53.8 Å². The molecular formula is C16H12O4. The van der Waals surface area contributed by atoms with Gasteiger partial charge in [-0.1, -0.05) is 12.1 Å². The number of carboxylic acids is 1. The molecule has 0 atom stereocenters. The summed E-state index contributed by atoms with van der Waals surface area (Å²) in [6.45, 7) is 1.91. The number of aromatic hydroxyl groups is 1. The van der Waals surface area contributed by atoms with Crippen LogP contribution in [0.3, 0.4) is 0 Å². The lowest BCUT2D eigenvalue weighted by Gasteiger charge is -2.06. The van der Waals surface area contributed by atoms with Gasteiger partial charge in [0.25, 0.3) is 0 Å². The van der Waals surface area contributed by atoms with Gasteiger partial charge < -0.3 is 14.6 Å². The Morgan fingerprint density at radius 1 is 1.15 bits per heavy atom. The fraction of sp³-hybridized carbons (Fsp3) is 0.0625. The number of furan rings is 1. The van der Waals surface area contributed by atoms with Crippen molar-refractivity contribution >= 4 is 16.9 Å². The summed E-state index contributed by atoms with van der Waals surface area (Å²) in [7, 11) is 0. The average molecular weight is 268 g/mol. The maximum absolute atomic E-state index is 11.0. The number of hydrogen-bond acceptors (Lipinski definition) is 3. The summed E-state index contributed by atoms with van der Waals surface area (Å²) in [4.78, 5) is 11.0. The summed E-state index contributed by atoms with van der Waals surface area (Å²) in [6.07, 6.45) is 1.25. The van der Waals surface area contributed by atoms with Crippen LogP contribution in [-0.2, 0) is 0 Å². The predicted octanol–water partition coefficient (Wildman–Crippen LogP) is 3.81. The Hall–Kier alpha value is -2.75. The highest BCUT2D eigenvalue weighted by Gasteiger charge is 2.13. The minimum Gasteiger partial charge on any atom is -0.508 e. The number of phenolic OH excluding ortho intramolecular Hbond substituents is 1. The van der Waals surface area contributed by atoms with Crippen molar-refractivity contribution in [3.63, 3.8) is 0 Å². The van der Waals surface area contributed by atoms with Crippen LogP contribution in [0.5, 0.6) is 5.75 Å². The fourth-order valence-electron chi connectivity index (χ4n) is 2.33. The van der Waals surface area contributed by atoms with E-state index in [0.29, 0.717) is 11.0 Å². The second-order valence-electron chi connectivity index (χ2n) is 4.66. The minimum atomic E-state index is -1.00. The summed E-state index contributed by atoms with van der Waals surface area (Å²) in [5.74, 6) is -0.782. The van der Waals surface area contributed by atoms with Crippen molar-refractivity contribution in [3.8, 4) is 16.9 Å². The molecule has 1 aromatic heterocycles. The Bertz CT molecular complexity index is 814. The molecular weight excluding hydrogens is 256 g/mol. The highest BCUT2D eigenvalue weighted by Crippen LogP contribution is 2.30. The molecule has 0 aliphatic rings. The van der Waals surface area contributed by atoms with Crippen LogP contribution < -0.4 is 0 Å². The zero-order valence-electron chi connectivity index (χ0n) is 10.8. The molecule has 2 aromatic carbocycles. The molecule has 4 heteroatoms. The maximum atomic E-state index is 11.0. The quantitative estimate of drug-likeness (QED) is 0.741. The van der Waals surface area contributed by atoms with Gasteiger partial charge in [0.2, 0.25) is 0 Å². The van der Waals surface area contributed by atoms with Gasteiger partial charge in [0, 0.05) is 5.39 Å². The topological polar surface area (TPSA) is 70.7 Å². The first-order valence-electron chi connectivity index (χ1n) is 6.11. The maximum Gasteiger partial charge on any atom is 0.339 e. The summed E-state index contributed by atoms with van der Waals surface area (Å²) in [5.41, 5.74) is 3.52. The summed E-state index contributed by atoms with van der Waals surface area (Å²) >= 11 is 0. The molecule has 3 rings (SSSR count). The number of aromatic carboxylic acids is 1. The highest BCUT2D eigenvalue weighted by molar-refractivity contribution is 6.03. The van der Waals surface area contributed by atoms with Crippen molar-refractivity contribution in [1.82, 2.24) is 0 Å². The van der Waals surface area contributed by atoms with Crippen LogP contribution >= 0.6 is 0 Å². The minimum absolute atomic E-state index is 0.161. The number of aryl methyl sites for hydroxylation is 1. The van der Waals surface area contributed by atoms with Crippen LogP contribution in [0.4, 0.5) is 0 Å². The van der Waals surface area contributed by atoms with E-state index in [1.807, 2.05) is 19.1 Å². The number of fused-ring (bicyclic) bond motifs is 1. The SMILES string of the molecule is Cc1cc(O)ccc1-c1ccc2c(C(=O)O)coc2c1. The number of rotatable bonds is 2. The molecule has 1 heterocycles. The van der Waals surface area contributed by atoms with Crippen LogP contribution in [-0.4, -0.2) is 16.2 Å². The van der Waals surface area contributed by atoms with Crippen LogP contribution in [0.2, 0.25) is 0 Å². The zero-order chi connectivity index (χ0) is 14.3. The molecule has 2 N–H and O–H groups in total. The first kappa shape index (κ1) is 12.3. The summed E-state index contributed by atoms with van der Waals surface area (Å²) in [6, 6.07) is 10.5. The molecule has 0 radical (unpaired) electrons. The summed E-state index contributed by atoms with van der Waals surface area (Å²) < 4.78 is 5.31. The first-order valence-corrected chi connectivity index (χ1v) is 6.11. The largest absolute Gasteiger partial charge is 0.508 e. The molecule has 3 aromatic rings. The lowest BCUT2D eigenvalue weighted by molar-refractivity contribution is 0.0698. The van der Waals surface area contributed by atoms with Crippen molar-refractivity contribution < 1.29 is 19.4 Å².